The van der Waals surface area contributed by atoms with Crippen LogP contribution in [0.1, 0.15) is 16.8 Å². The lowest BCUT2D eigenvalue weighted by Crippen LogP contribution is -2.38. The van der Waals surface area contributed by atoms with Crippen LogP contribution in [-0.4, -0.2) is 46.5 Å². The van der Waals surface area contributed by atoms with Crippen LogP contribution in [0.4, 0.5) is 5.69 Å². The molecule has 3 aliphatic rings. The van der Waals surface area contributed by atoms with E-state index in [0.29, 0.717) is 0 Å². The van der Waals surface area contributed by atoms with Crippen molar-refractivity contribution < 1.29 is 28.8 Å². The molecule has 28 heavy (non-hydrogen) atoms. The number of imide groups is 1. The number of benzene rings is 1. The molecule has 0 unspecified atom stereocenters. The summed E-state index contributed by atoms with van der Waals surface area (Å²) in [4.78, 5) is 60.1. The number of rotatable bonds is 6. The summed E-state index contributed by atoms with van der Waals surface area (Å²) >= 11 is 0. The van der Waals surface area contributed by atoms with Crippen LogP contribution in [0.5, 0.6) is 0 Å². The van der Waals surface area contributed by atoms with E-state index in [-0.39, 0.29) is 34.9 Å². The molecule has 1 saturated carbocycles. The molecule has 9 heteroatoms. The fourth-order valence-electron chi connectivity index (χ4n) is 4.29. The van der Waals surface area contributed by atoms with Crippen LogP contribution in [0.25, 0.3) is 0 Å². The molecular weight excluding hydrogens is 368 g/mol. The maximum atomic E-state index is 12.5. The lowest BCUT2D eigenvalue weighted by atomic mass is 9.85. The standard InChI is InChI=1S/C19H16N2O7/c22-14(10-3-5-13(6-4-10)21(26)27)9-28-15(23)8-20-18(24)16-11-1-2-12(7-11)17(16)19(20)25/h1-6,11-12,16-17H,7-9H2/t11-,12-,16+,17+/m0/s1. The number of allylic oxidation sites excluding steroid dienone is 2. The number of carbonyl (C=O) groups excluding carboxylic acids is 4. The highest BCUT2D eigenvalue weighted by molar-refractivity contribution is 6.08. The summed E-state index contributed by atoms with van der Waals surface area (Å²) in [7, 11) is 0. The minimum Gasteiger partial charge on any atom is -0.456 e. The molecule has 0 aromatic heterocycles. The van der Waals surface area contributed by atoms with Crippen LogP contribution in [0.15, 0.2) is 36.4 Å². The van der Waals surface area contributed by atoms with Crippen molar-refractivity contribution in [2.75, 3.05) is 13.2 Å². The number of esters is 1. The predicted octanol–water partition coefficient (Wildman–Crippen LogP) is 1.13. The minimum absolute atomic E-state index is 0.0520. The number of nitrogens with zero attached hydrogens (tertiary/aromatic N) is 2. The number of fused-ring (bicyclic) bond motifs is 5. The number of non-ortho nitro benzene ring substituents is 1. The Bertz CT molecular complexity index is 891. The highest BCUT2D eigenvalue weighted by atomic mass is 16.6. The van der Waals surface area contributed by atoms with E-state index in [1.54, 1.807) is 0 Å². The normalized spacial score (nSPS) is 27.2. The quantitative estimate of drug-likeness (QED) is 0.180. The maximum absolute atomic E-state index is 12.5. The van der Waals surface area contributed by atoms with Crippen molar-refractivity contribution in [1.82, 2.24) is 4.90 Å². The van der Waals surface area contributed by atoms with E-state index >= 15 is 0 Å². The van der Waals surface area contributed by atoms with Crippen LogP contribution in [0.3, 0.4) is 0 Å². The van der Waals surface area contributed by atoms with Crippen molar-refractivity contribution in [2.45, 2.75) is 6.42 Å². The van der Waals surface area contributed by atoms with Crippen LogP contribution in [-0.2, 0) is 19.1 Å². The Morgan fingerprint density at radius 2 is 1.64 bits per heavy atom. The Morgan fingerprint density at radius 1 is 1.07 bits per heavy atom. The van der Waals surface area contributed by atoms with Crippen molar-refractivity contribution in [1.29, 1.82) is 0 Å². The Labute approximate surface area is 159 Å². The molecule has 1 aromatic rings. The summed E-state index contributed by atoms with van der Waals surface area (Å²) in [5, 5.41) is 10.6. The third kappa shape index (κ3) is 2.88. The number of likely N-dealkylation sites (tertiary alicyclic amines) is 1. The first kappa shape index (κ1) is 18.0. The Morgan fingerprint density at radius 3 is 2.18 bits per heavy atom. The number of carbonyl (C=O) groups is 4. The van der Waals surface area contributed by atoms with Gasteiger partial charge in [-0.3, -0.25) is 34.2 Å². The van der Waals surface area contributed by atoms with E-state index < -0.39 is 41.7 Å². The van der Waals surface area contributed by atoms with Gasteiger partial charge in [0.2, 0.25) is 11.8 Å². The van der Waals surface area contributed by atoms with Gasteiger partial charge in [-0.1, -0.05) is 12.2 Å². The zero-order valence-corrected chi connectivity index (χ0v) is 14.6. The number of nitro benzene ring substituents is 1. The number of ether oxygens (including phenoxy) is 1. The van der Waals surface area contributed by atoms with Gasteiger partial charge in [-0.2, -0.15) is 0 Å². The fourth-order valence-corrected chi connectivity index (χ4v) is 4.29. The second-order valence-electron chi connectivity index (χ2n) is 7.15. The molecule has 1 aliphatic heterocycles. The molecule has 2 bridgehead atoms. The molecule has 4 atom stereocenters. The molecule has 1 saturated heterocycles. The Balaban J connectivity index is 1.32. The average Bonchev–Trinajstić information content (AvgIpc) is 3.36. The van der Waals surface area contributed by atoms with Gasteiger partial charge in [0.05, 0.1) is 16.8 Å². The van der Waals surface area contributed by atoms with Crippen molar-refractivity contribution in [3.8, 4) is 0 Å². The third-order valence-electron chi connectivity index (χ3n) is 5.61. The summed E-state index contributed by atoms with van der Waals surface area (Å²) in [5.41, 5.74) is -0.00230. The smallest absolute Gasteiger partial charge is 0.326 e. The Hall–Kier alpha value is -3.36. The lowest BCUT2D eigenvalue weighted by Gasteiger charge is -2.16. The first-order chi connectivity index (χ1) is 13.4. The van der Waals surface area contributed by atoms with Gasteiger partial charge in [-0.15, -0.1) is 0 Å². The second kappa shape index (κ2) is 6.66. The molecule has 0 radical (unpaired) electrons. The number of hydrogen-bond acceptors (Lipinski definition) is 7. The molecule has 4 rings (SSSR count). The van der Waals surface area contributed by atoms with Crippen molar-refractivity contribution in [3.05, 3.63) is 52.1 Å². The summed E-state index contributed by atoms with van der Waals surface area (Å²) in [6, 6.07) is 4.90. The van der Waals surface area contributed by atoms with Crippen molar-refractivity contribution in [2.24, 2.45) is 23.7 Å². The molecule has 144 valence electrons. The molecule has 2 fully saturated rings. The SMILES string of the molecule is O=C(CN1C(=O)[C@H]2[C@H](C1=O)[C@H]1C=C[C@H]2C1)OCC(=O)c1ccc([N+](=O)[O-])cc1. The average molecular weight is 384 g/mol. The molecule has 2 aliphatic carbocycles. The third-order valence-corrected chi connectivity index (χ3v) is 5.61. The monoisotopic (exact) mass is 384 g/mol. The van der Waals surface area contributed by atoms with Gasteiger partial charge in [-0.05, 0) is 30.4 Å². The van der Waals surface area contributed by atoms with Crippen molar-refractivity contribution >= 4 is 29.3 Å². The van der Waals surface area contributed by atoms with Gasteiger partial charge in [0.25, 0.3) is 5.69 Å². The van der Waals surface area contributed by atoms with Crippen LogP contribution in [0, 0.1) is 33.8 Å². The molecular formula is C19H16N2O7. The summed E-state index contributed by atoms with van der Waals surface area (Å²) in [6.45, 7) is -1.09. The van der Waals surface area contributed by atoms with E-state index in [1.807, 2.05) is 12.2 Å². The second-order valence-corrected chi connectivity index (χ2v) is 7.15. The van der Waals surface area contributed by atoms with E-state index in [0.717, 1.165) is 11.3 Å². The predicted molar refractivity (Wildman–Crippen MR) is 92.8 cm³/mol. The van der Waals surface area contributed by atoms with Gasteiger partial charge in [-0.25, -0.2) is 0 Å². The van der Waals surface area contributed by atoms with E-state index in [1.165, 1.54) is 24.3 Å². The van der Waals surface area contributed by atoms with Gasteiger partial charge in [0.15, 0.2) is 12.4 Å². The minimum atomic E-state index is -0.850. The molecule has 0 N–H and O–H groups in total. The molecule has 9 nitrogen and oxygen atoms in total. The highest BCUT2D eigenvalue weighted by Gasteiger charge is 2.59. The van der Waals surface area contributed by atoms with Crippen LogP contribution in [0.2, 0.25) is 0 Å². The topological polar surface area (TPSA) is 124 Å². The summed E-state index contributed by atoms with van der Waals surface area (Å²) in [6.07, 6.45) is 4.72. The number of hydrogen-bond donors (Lipinski definition) is 0. The number of amides is 2. The number of ketones is 1. The van der Waals surface area contributed by atoms with Gasteiger partial charge in [0, 0.05) is 17.7 Å². The molecule has 2 amide bonds. The molecule has 0 spiro atoms. The maximum Gasteiger partial charge on any atom is 0.326 e. The molecule has 1 aromatic carbocycles. The number of nitro groups is 1. The summed E-state index contributed by atoms with van der Waals surface area (Å²) < 4.78 is 4.90. The highest BCUT2D eigenvalue weighted by Crippen LogP contribution is 2.52. The molecule has 1 heterocycles. The first-order valence-corrected chi connectivity index (χ1v) is 8.83. The summed E-state index contributed by atoms with van der Waals surface area (Å²) in [5.74, 6) is -2.78. The zero-order chi connectivity index (χ0) is 20.0. The van der Waals surface area contributed by atoms with Gasteiger partial charge >= 0.3 is 5.97 Å². The van der Waals surface area contributed by atoms with Crippen LogP contribution < -0.4 is 0 Å². The van der Waals surface area contributed by atoms with E-state index in [9.17, 15) is 29.3 Å². The van der Waals surface area contributed by atoms with Gasteiger partial charge < -0.3 is 4.74 Å². The Kier molecular flexibility index (Phi) is 4.29. The number of Topliss-reactive ketones (excluding diaryl/α,β-unsaturated/α-hetero) is 1. The van der Waals surface area contributed by atoms with Gasteiger partial charge in [0.1, 0.15) is 6.54 Å². The largest absolute Gasteiger partial charge is 0.456 e. The van der Waals surface area contributed by atoms with Crippen LogP contribution >= 0.6 is 0 Å². The first-order valence-electron chi connectivity index (χ1n) is 8.83. The fraction of sp³-hybridized carbons (Fsp3) is 0.368. The van der Waals surface area contributed by atoms with E-state index in [4.69, 9.17) is 4.74 Å². The lowest BCUT2D eigenvalue weighted by molar-refractivity contribution is -0.384. The van der Waals surface area contributed by atoms with Crippen molar-refractivity contribution in [3.63, 3.8) is 0 Å². The zero-order valence-electron chi connectivity index (χ0n) is 14.6. The van der Waals surface area contributed by atoms with E-state index in [2.05, 4.69) is 0 Å².